The van der Waals surface area contributed by atoms with Crippen molar-refractivity contribution in [2.75, 3.05) is 20.8 Å². The van der Waals surface area contributed by atoms with Crippen LogP contribution in [0.5, 0.6) is 5.75 Å². The van der Waals surface area contributed by atoms with Gasteiger partial charge in [-0.2, -0.15) is 0 Å². The van der Waals surface area contributed by atoms with Gasteiger partial charge in [-0.25, -0.2) is 9.97 Å². The van der Waals surface area contributed by atoms with Crippen LogP contribution >= 0.6 is 11.6 Å². The van der Waals surface area contributed by atoms with Crippen LogP contribution in [-0.2, 0) is 11.3 Å². The number of fused-ring (bicyclic) bond motifs is 1. The third-order valence-electron chi connectivity index (χ3n) is 4.76. The van der Waals surface area contributed by atoms with E-state index in [1.165, 1.54) is 0 Å². The summed E-state index contributed by atoms with van der Waals surface area (Å²) in [6.07, 6.45) is 3.40. The van der Waals surface area contributed by atoms with Gasteiger partial charge in [-0.3, -0.25) is 9.36 Å². The smallest absolute Gasteiger partial charge is 0.273 e. The van der Waals surface area contributed by atoms with Crippen LogP contribution in [0, 0.1) is 13.8 Å². The van der Waals surface area contributed by atoms with Gasteiger partial charge in [-0.05, 0) is 56.0 Å². The Morgan fingerprint density at radius 1 is 1.14 bits per heavy atom. The monoisotopic (exact) mass is 401 g/mol. The number of rotatable bonds is 7. The molecule has 0 saturated heterocycles. The Hall–Kier alpha value is -2.44. The van der Waals surface area contributed by atoms with Crippen LogP contribution in [0.25, 0.3) is 22.3 Å². The highest BCUT2D eigenvalue weighted by molar-refractivity contribution is 6.32. The minimum Gasteiger partial charge on any atom is -0.495 e. The Balaban J connectivity index is 2.17. The van der Waals surface area contributed by atoms with Crippen molar-refractivity contribution >= 4 is 22.8 Å². The zero-order valence-corrected chi connectivity index (χ0v) is 17.3. The van der Waals surface area contributed by atoms with E-state index in [4.69, 9.17) is 21.1 Å². The van der Waals surface area contributed by atoms with Crippen LogP contribution in [0.4, 0.5) is 0 Å². The number of hydrogen-bond donors (Lipinski definition) is 0. The van der Waals surface area contributed by atoms with Crippen LogP contribution in [0.3, 0.4) is 0 Å². The molecule has 2 heterocycles. The van der Waals surface area contributed by atoms with Crippen molar-refractivity contribution in [2.24, 2.45) is 0 Å². The number of unbranched alkanes of at least 4 members (excludes halogenated alkanes) is 1. The number of ether oxygens (including phenoxy) is 2. The molecule has 148 valence electrons. The maximum atomic E-state index is 12.7. The van der Waals surface area contributed by atoms with Crippen molar-refractivity contribution in [3.05, 3.63) is 51.0 Å². The fourth-order valence-electron chi connectivity index (χ4n) is 3.30. The maximum absolute atomic E-state index is 12.7. The standard InChI is InChI=1S/C21H24ClN3O3/c1-13-11-18(28-4)17(22)12-16(13)15-7-8-23-20-19(15)24-14(2)21(26)25(20)9-5-6-10-27-3/h7-8,11-12H,5-6,9-10H2,1-4H3. The van der Waals surface area contributed by atoms with Gasteiger partial charge in [-0.1, -0.05) is 11.6 Å². The fourth-order valence-corrected chi connectivity index (χ4v) is 3.54. The van der Waals surface area contributed by atoms with Crippen molar-refractivity contribution in [3.63, 3.8) is 0 Å². The number of hydrogen-bond acceptors (Lipinski definition) is 5. The van der Waals surface area contributed by atoms with Crippen molar-refractivity contribution in [2.45, 2.75) is 33.2 Å². The molecule has 28 heavy (non-hydrogen) atoms. The molecule has 6 nitrogen and oxygen atoms in total. The van der Waals surface area contributed by atoms with Crippen LogP contribution in [0.15, 0.2) is 29.2 Å². The summed E-state index contributed by atoms with van der Waals surface area (Å²) in [4.78, 5) is 21.7. The van der Waals surface area contributed by atoms with E-state index < -0.39 is 0 Å². The summed E-state index contributed by atoms with van der Waals surface area (Å²) in [5, 5.41) is 0.526. The normalized spacial score (nSPS) is 11.2. The Morgan fingerprint density at radius 3 is 2.64 bits per heavy atom. The molecule has 7 heteroatoms. The summed E-state index contributed by atoms with van der Waals surface area (Å²) in [6.45, 7) is 4.96. The number of nitrogens with zero attached hydrogens (tertiary/aromatic N) is 3. The Morgan fingerprint density at radius 2 is 1.93 bits per heavy atom. The number of methoxy groups -OCH3 is 2. The van der Waals surface area contributed by atoms with Gasteiger partial charge in [0.25, 0.3) is 5.56 Å². The number of aromatic nitrogens is 3. The van der Waals surface area contributed by atoms with E-state index in [1.54, 1.807) is 31.9 Å². The van der Waals surface area contributed by atoms with E-state index in [1.807, 2.05) is 25.1 Å². The second-order valence-corrected chi connectivity index (χ2v) is 7.09. The summed E-state index contributed by atoms with van der Waals surface area (Å²) in [5.74, 6) is 0.625. The lowest BCUT2D eigenvalue weighted by Crippen LogP contribution is -2.25. The third-order valence-corrected chi connectivity index (χ3v) is 5.06. The van der Waals surface area contributed by atoms with E-state index in [2.05, 4.69) is 9.97 Å². The zero-order chi connectivity index (χ0) is 20.3. The average molecular weight is 402 g/mol. The first-order valence-corrected chi connectivity index (χ1v) is 9.55. The van der Waals surface area contributed by atoms with Crippen LogP contribution in [0.1, 0.15) is 24.1 Å². The molecule has 0 unspecified atom stereocenters. The molecule has 3 aromatic rings. The van der Waals surface area contributed by atoms with Gasteiger partial charge in [0, 0.05) is 32.0 Å². The number of aryl methyl sites for hydroxylation is 3. The van der Waals surface area contributed by atoms with E-state index in [0.29, 0.717) is 40.8 Å². The first-order chi connectivity index (χ1) is 13.5. The van der Waals surface area contributed by atoms with Gasteiger partial charge in [0.05, 0.1) is 12.1 Å². The summed E-state index contributed by atoms with van der Waals surface area (Å²) < 4.78 is 12.1. The molecule has 0 aliphatic rings. The molecule has 0 aliphatic heterocycles. The van der Waals surface area contributed by atoms with Crippen molar-refractivity contribution in [1.82, 2.24) is 14.5 Å². The van der Waals surface area contributed by atoms with Crippen LogP contribution in [0.2, 0.25) is 5.02 Å². The first-order valence-electron chi connectivity index (χ1n) is 9.17. The molecule has 0 saturated carbocycles. The van der Waals surface area contributed by atoms with Crippen molar-refractivity contribution in [1.29, 1.82) is 0 Å². The number of pyridine rings is 1. The lowest BCUT2D eigenvalue weighted by Gasteiger charge is -2.15. The molecule has 0 radical (unpaired) electrons. The predicted molar refractivity (Wildman–Crippen MR) is 111 cm³/mol. The molecule has 3 rings (SSSR count). The lowest BCUT2D eigenvalue weighted by atomic mass is 10.00. The quantitative estimate of drug-likeness (QED) is 0.556. The van der Waals surface area contributed by atoms with E-state index >= 15 is 0 Å². The Bertz CT molecular complexity index is 1060. The molecule has 2 aromatic heterocycles. The topological polar surface area (TPSA) is 66.2 Å². The van der Waals surface area contributed by atoms with E-state index in [0.717, 1.165) is 29.5 Å². The highest BCUT2D eigenvalue weighted by Gasteiger charge is 2.16. The first kappa shape index (κ1) is 20.3. The molecule has 1 aromatic carbocycles. The lowest BCUT2D eigenvalue weighted by molar-refractivity contribution is 0.191. The fraction of sp³-hybridized carbons (Fsp3) is 0.381. The largest absolute Gasteiger partial charge is 0.495 e. The molecule has 0 N–H and O–H groups in total. The Kier molecular flexibility index (Phi) is 6.31. The highest BCUT2D eigenvalue weighted by atomic mass is 35.5. The van der Waals surface area contributed by atoms with E-state index in [-0.39, 0.29) is 5.56 Å². The molecule has 0 fully saturated rings. The minimum atomic E-state index is -0.112. The van der Waals surface area contributed by atoms with Crippen LogP contribution < -0.4 is 10.3 Å². The van der Waals surface area contributed by atoms with E-state index in [9.17, 15) is 4.79 Å². The summed E-state index contributed by atoms with van der Waals surface area (Å²) in [5.41, 5.74) is 4.44. The van der Waals surface area contributed by atoms with Gasteiger partial charge < -0.3 is 9.47 Å². The molecular weight excluding hydrogens is 378 g/mol. The molecule has 0 aliphatic carbocycles. The second-order valence-electron chi connectivity index (χ2n) is 6.69. The number of halogens is 1. The molecule has 0 amide bonds. The minimum absolute atomic E-state index is 0.112. The van der Waals surface area contributed by atoms with Crippen molar-refractivity contribution < 1.29 is 9.47 Å². The molecule has 0 spiro atoms. The van der Waals surface area contributed by atoms with Crippen molar-refractivity contribution in [3.8, 4) is 16.9 Å². The maximum Gasteiger partial charge on any atom is 0.273 e. The van der Waals surface area contributed by atoms with Gasteiger partial charge in [0.15, 0.2) is 5.65 Å². The van der Waals surface area contributed by atoms with Gasteiger partial charge >= 0.3 is 0 Å². The predicted octanol–water partition coefficient (Wildman–Crippen LogP) is 4.16. The average Bonchev–Trinajstić information content (AvgIpc) is 2.69. The molecule has 0 atom stereocenters. The third kappa shape index (κ3) is 3.88. The second kappa shape index (κ2) is 8.71. The zero-order valence-electron chi connectivity index (χ0n) is 16.6. The summed E-state index contributed by atoms with van der Waals surface area (Å²) in [6, 6.07) is 5.67. The van der Waals surface area contributed by atoms with Gasteiger partial charge in [0.2, 0.25) is 0 Å². The van der Waals surface area contributed by atoms with Gasteiger partial charge in [0.1, 0.15) is 17.0 Å². The highest BCUT2D eigenvalue weighted by Crippen LogP contribution is 2.35. The molecule has 0 bridgehead atoms. The Labute approximate surface area is 169 Å². The SMILES string of the molecule is COCCCCn1c(=O)c(C)nc2c(-c3cc(Cl)c(OC)cc3C)ccnc21. The number of benzene rings is 1. The summed E-state index contributed by atoms with van der Waals surface area (Å²) in [7, 11) is 3.27. The van der Waals surface area contributed by atoms with Crippen LogP contribution in [-0.4, -0.2) is 35.4 Å². The summed E-state index contributed by atoms with van der Waals surface area (Å²) >= 11 is 6.36. The molecular formula is C21H24ClN3O3. The van der Waals surface area contributed by atoms with Gasteiger partial charge in [-0.15, -0.1) is 0 Å².